The minimum absolute atomic E-state index is 0.101. The minimum Gasteiger partial charge on any atom is -0.459 e. The molecule has 1 heterocycles. The molecule has 0 bridgehead atoms. The standard InChI is InChI=1S/C26H48O5Si/c1-11-12-22(28-9)14-13-21(8)15-25(24-16-23(29-10)17-26(27)30-24)31-32(18(2)3,19(4)5)20(6)7/h13-15,18-20,22-25H,11-12,16-17H2,1-10H3/b14-13+,21-15+/t22-,23-,24-,25+/m1/s1. The van der Waals surface area contributed by atoms with Gasteiger partial charge in [-0.1, -0.05) is 78.7 Å². The average molecular weight is 469 g/mol. The van der Waals surface area contributed by atoms with Gasteiger partial charge in [-0.25, -0.2) is 0 Å². The lowest BCUT2D eigenvalue weighted by Gasteiger charge is -2.46. The van der Waals surface area contributed by atoms with E-state index in [0.29, 0.717) is 29.5 Å². The Balaban J connectivity index is 3.34. The molecule has 1 fully saturated rings. The Morgan fingerprint density at radius 2 is 1.72 bits per heavy atom. The number of hydrogen-bond acceptors (Lipinski definition) is 5. The van der Waals surface area contributed by atoms with E-state index in [1.165, 1.54) is 0 Å². The molecule has 0 aliphatic carbocycles. The molecule has 0 aromatic rings. The van der Waals surface area contributed by atoms with Crippen molar-refractivity contribution in [3.05, 3.63) is 23.8 Å². The Kier molecular flexibility index (Phi) is 12.4. The summed E-state index contributed by atoms with van der Waals surface area (Å²) in [5, 5.41) is 0. The van der Waals surface area contributed by atoms with Crippen molar-refractivity contribution in [1.82, 2.24) is 0 Å². The van der Waals surface area contributed by atoms with Gasteiger partial charge in [-0.3, -0.25) is 4.79 Å². The van der Waals surface area contributed by atoms with Gasteiger partial charge in [-0.2, -0.15) is 0 Å². The predicted octanol–water partition coefficient (Wildman–Crippen LogP) is 6.59. The third-order valence-electron chi connectivity index (χ3n) is 6.80. The van der Waals surface area contributed by atoms with Crippen LogP contribution in [0.3, 0.4) is 0 Å². The topological polar surface area (TPSA) is 54.0 Å². The minimum atomic E-state index is -2.19. The Labute approximate surface area is 198 Å². The Bertz CT molecular complexity index is 604. The first kappa shape index (κ1) is 29.1. The summed E-state index contributed by atoms with van der Waals surface area (Å²) in [5.74, 6) is -0.211. The van der Waals surface area contributed by atoms with E-state index in [4.69, 9.17) is 18.6 Å². The van der Waals surface area contributed by atoms with Crippen molar-refractivity contribution in [2.24, 2.45) is 0 Å². The van der Waals surface area contributed by atoms with E-state index >= 15 is 0 Å². The Morgan fingerprint density at radius 3 is 2.19 bits per heavy atom. The molecule has 186 valence electrons. The van der Waals surface area contributed by atoms with Gasteiger partial charge in [0, 0.05) is 20.6 Å². The van der Waals surface area contributed by atoms with Crippen molar-refractivity contribution >= 4 is 14.3 Å². The quantitative estimate of drug-likeness (QED) is 0.173. The maximum atomic E-state index is 12.3. The van der Waals surface area contributed by atoms with Gasteiger partial charge in [0.25, 0.3) is 0 Å². The molecule has 0 saturated carbocycles. The lowest BCUT2D eigenvalue weighted by molar-refractivity contribution is -0.167. The molecule has 0 aromatic carbocycles. The summed E-state index contributed by atoms with van der Waals surface area (Å²) in [6.07, 6.45) is 8.67. The normalized spacial score (nSPS) is 22.8. The van der Waals surface area contributed by atoms with E-state index < -0.39 is 8.32 Å². The molecule has 0 radical (unpaired) electrons. The number of carbonyl (C=O) groups excluding carboxylic acids is 1. The van der Waals surface area contributed by atoms with Gasteiger partial charge >= 0.3 is 5.97 Å². The van der Waals surface area contributed by atoms with Crippen molar-refractivity contribution in [2.45, 2.75) is 122 Å². The molecule has 1 rings (SSSR count). The Morgan fingerprint density at radius 1 is 1.12 bits per heavy atom. The first-order valence-corrected chi connectivity index (χ1v) is 14.4. The fourth-order valence-corrected chi connectivity index (χ4v) is 10.7. The monoisotopic (exact) mass is 468 g/mol. The largest absolute Gasteiger partial charge is 0.459 e. The predicted molar refractivity (Wildman–Crippen MR) is 134 cm³/mol. The third-order valence-corrected chi connectivity index (χ3v) is 12.9. The van der Waals surface area contributed by atoms with E-state index in [9.17, 15) is 4.79 Å². The summed E-state index contributed by atoms with van der Waals surface area (Å²) in [6, 6.07) is 0. The number of methoxy groups -OCH3 is 2. The van der Waals surface area contributed by atoms with Crippen LogP contribution >= 0.6 is 0 Å². The fraction of sp³-hybridized carbons (Fsp3) is 0.808. The van der Waals surface area contributed by atoms with Gasteiger partial charge in [0.1, 0.15) is 12.2 Å². The summed E-state index contributed by atoms with van der Waals surface area (Å²) in [6.45, 7) is 17.9. The van der Waals surface area contributed by atoms with E-state index in [1.807, 2.05) is 0 Å². The summed E-state index contributed by atoms with van der Waals surface area (Å²) >= 11 is 0. The maximum Gasteiger partial charge on any atom is 0.308 e. The highest BCUT2D eigenvalue weighted by atomic mass is 28.4. The number of esters is 1. The fourth-order valence-electron chi connectivity index (χ4n) is 5.19. The molecule has 1 saturated heterocycles. The summed E-state index contributed by atoms with van der Waals surface area (Å²) in [4.78, 5) is 12.3. The van der Waals surface area contributed by atoms with Gasteiger partial charge < -0.3 is 18.6 Å². The van der Waals surface area contributed by atoms with Crippen molar-refractivity contribution in [3.8, 4) is 0 Å². The molecule has 0 spiro atoms. The van der Waals surface area contributed by atoms with Gasteiger partial charge in [-0.15, -0.1) is 0 Å². The molecule has 4 atom stereocenters. The third kappa shape index (κ3) is 7.82. The smallest absolute Gasteiger partial charge is 0.308 e. The zero-order valence-corrected chi connectivity index (χ0v) is 23.1. The lowest BCUT2D eigenvalue weighted by Crippen LogP contribution is -2.53. The summed E-state index contributed by atoms with van der Waals surface area (Å²) in [7, 11) is 1.22. The number of rotatable bonds is 13. The first-order valence-electron chi connectivity index (χ1n) is 12.3. The molecule has 0 N–H and O–H groups in total. The van der Waals surface area contributed by atoms with Crippen molar-refractivity contribution in [2.75, 3.05) is 14.2 Å². The van der Waals surface area contributed by atoms with Crippen LogP contribution in [0.15, 0.2) is 23.8 Å². The van der Waals surface area contributed by atoms with Crippen LogP contribution in [0.5, 0.6) is 0 Å². The van der Waals surface area contributed by atoms with Crippen LogP contribution in [0.1, 0.15) is 81.1 Å². The molecule has 6 heteroatoms. The van der Waals surface area contributed by atoms with Crippen molar-refractivity contribution in [3.63, 3.8) is 0 Å². The first-order chi connectivity index (χ1) is 15.0. The van der Waals surface area contributed by atoms with E-state index in [0.717, 1.165) is 18.4 Å². The number of ether oxygens (including phenoxy) is 3. The molecule has 0 aromatic heterocycles. The van der Waals surface area contributed by atoms with Crippen LogP contribution in [-0.4, -0.2) is 52.9 Å². The van der Waals surface area contributed by atoms with Crippen molar-refractivity contribution in [1.29, 1.82) is 0 Å². The number of cyclic esters (lactones) is 1. The average Bonchev–Trinajstić information content (AvgIpc) is 2.72. The van der Waals surface area contributed by atoms with Gasteiger partial charge in [0.05, 0.1) is 18.6 Å². The van der Waals surface area contributed by atoms with E-state index in [-0.39, 0.29) is 30.4 Å². The van der Waals surface area contributed by atoms with Crippen LogP contribution < -0.4 is 0 Å². The highest BCUT2D eigenvalue weighted by Gasteiger charge is 2.48. The molecule has 1 aliphatic heterocycles. The highest BCUT2D eigenvalue weighted by molar-refractivity contribution is 6.77. The second kappa shape index (κ2) is 13.7. The van der Waals surface area contributed by atoms with Crippen molar-refractivity contribution < 1.29 is 23.4 Å². The van der Waals surface area contributed by atoms with Gasteiger partial charge in [-0.05, 0) is 30.0 Å². The van der Waals surface area contributed by atoms with Crippen LogP contribution in [0.4, 0.5) is 0 Å². The van der Waals surface area contributed by atoms with Crippen LogP contribution in [0.25, 0.3) is 0 Å². The van der Waals surface area contributed by atoms with E-state index in [2.05, 4.69) is 73.6 Å². The molecular formula is C26H48O5Si. The molecule has 1 aliphatic rings. The number of hydrogen-bond donors (Lipinski definition) is 0. The molecule has 0 unspecified atom stereocenters. The summed E-state index contributed by atoms with van der Waals surface area (Å²) < 4.78 is 24.1. The maximum absolute atomic E-state index is 12.3. The highest BCUT2D eigenvalue weighted by Crippen LogP contribution is 2.44. The van der Waals surface area contributed by atoms with Crippen LogP contribution in [0.2, 0.25) is 16.6 Å². The SMILES string of the molecule is CCC[C@H](/C=C/C(C)=C/[C@H](O[Si](C(C)C)(C(C)C)C(C)C)[C@H]1C[C@@H](OC)CC(=O)O1)OC. The molecule has 0 amide bonds. The zero-order valence-electron chi connectivity index (χ0n) is 22.1. The Hall–Kier alpha value is -0.953. The van der Waals surface area contributed by atoms with Gasteiger partial charge in [0.15, 0.2) is 0 Å². The van der Waals surface area contributed by atoms with E-state index in [1.54, 1.807) is 14.2 Å². The van der Waals surface area contributed by atoms with Gasteiger partial charge in [0.2, 0.25) is 8.32 Å². The van der Waals surface area contributed by atoms with Crippen LogP contribution in [0, 0.1) is 0 Å². The second-order valence-electron chi connectivity index (χ2n) is 10.1. The number of allylic oxidation sites excluding steroid dienone is 2. The molecule has 5 nitrogen and oxygen atoms in total. The molecular weight excluding hydrogens is 420 g/mol. The number of carbonyl (C=O) groups is 1. The lowest BCUT2D eigenvalue weighted by atomic mass is 9.99. The molecule has 32 heavy (non-hydrogen) atoms. The zero-order chi connectivity index (χ0) is 24.5. The summed E-state index contributed by atoms with van der Waals surface area (Å²) in [5.41, 5.74) is 2.40. The van der Waals surface area contributed by atoms with Crippen LogP contribution in [-0.2, 0) is 23.4 Å². The second-order valence-corrected chi connectivity index (χ2v) is 15.5.